The lowest BCUT2D eigenvalue weighted by atomic mass is 10.2. The first-order chi connectivity index (χ1) is 20.9. The summed E-state index contributed by atoms with van der Waals surface area (Å²) in [7, 11) is 0. The number of pyridine rings is 2. The Labute approximate surface area is 279 Å². The molecule has 0 aromatic carbocycles. The molecule has 0 spiro atoms. The summed E-state index contributed by atoms with van der Waals surface area (Å²) in [4.78, 5) is 58.9. The lowest BCUT2D eigenvalue weighted by Gasteiger charge is -2.35. The molecule has 0 radical (unpaired) electrons. The van der Waals surface area contributed by atoms with Gasteiger partial charge >= 0.3 is 12.2 Å². The summed E-state index contributed by atoms with van der Waals surface area (Å²) in [5.74, 6) is -0.104. The molecule has 1 N–H and O–H groups in total. The highest BCUT2D eigenvalue weighted by Gasteiger charge is 2.28. The Bertz CT molecular complexity index is 1270. The summed E-state index contributed by atoms with van der Waals surface area (Å²) in [5.41, 5.74) is -0.0535. The van der Waals surface area contributed by atoms with Crippen LogP contribution in [0.5, 0.6) is 0 Å². The van der Waals surface area contributed by atoms with Crippen molar-refractivity contribution in [3.8, 4) is 0 Å². The van der Waals surface area contributed by atoms with Crippen molar-refractivity contribution in [2.75, 3.05) is 52.4 Å². The van der Waals surface area contributed by atoms with Crippen LogP contribution in [-0.4, -0.2) is 112 Å². The quantitative estimate of drug-likeness (QED) is 0.327. The minimum Gasteiger partial charge on any atom is -0.444 e. The second kappa shape index (κ2) is 17.5. The Balaban J connectivity index is 0.000000259. The van der Waals surface area contributed by atoms with Gasteiger partial charge in [0.05, 0.1) is 11.1 Å². The number of amides is 3. The average molecular weight is 688 g/mol. The van der Waals surface area contributed by atoms with Gasteiger partial charge in [0.2, 0.25) is 0 Å². The van der Waals surface area contributed by atoms with Gasteiger partial charge in [0, 0.05) is 64.8 Å². The zero-order valence-electron chi connectivity index (χ0n) is 26.4. The van der Waals surface area contributed by atoms with Crippen LogP contribution < -0.4 is 5.32 Å². The predicted octanol–water partition coefficient (Wildman–Crippen LogP) is 5.37. The van der Waals surface area contributed by atoms with Gasteiger partial charge in [-0.2, -0.15) is 0 Å². The molecule has 4 rings (SSSR count). The SMILES string of the molecule is CC(C)(C)OC(=O)N1CCN(C(=O)c2ccc(Cl)nc2)CC1.CC(C)(C)OC(=O)N1CCNCC1.O=C(Cl)c1ccc(Cl)nc1. The Morgan fingerprint density at radius 3 is 1.44 bits per heavy atom. The van der Waals surface area contributed by atoms with Gasteiger partial charge < -0.3 is 29.5 Å². The summed E-state index contributed by atoms with van der Waals surface area (Å²) >= 11 is 16.3. The van der Waals surface area contributed by atoms with Crippen LogP contribution in [0.15, 0.2) is 36.7 Å². The molecular formula is C30H41Cl3N6O6. The fraction of sp³-hybridized carbons (Fsp3) is 0.533. The van der Waals surface area contributed by atoms with Crippen LogP contribution in [0.2, 0.25) is 10.3 Å². The van der Waals surface area contributed by atoms with Crippen LogP contribution in [0.4, 0.5) is 9.59 Å². The van der Waals surface area contributed by atoms with Gasteiger partial charge in [0.1, 0.15) is 21.5 Å². The van der Waals surface area contributed by atoms with E-state index in [2.05, 4.69) is 15.3 Å². The third-order valence-electron chi connectivity index (χ3n) is 5.92. The van der Waals surface area contributed by atoms with Crippen molar-refractivity contribution in [1.82, 2.24) is 30.0 Å². The topological polar surface area (TPSA) is 134 Å². The number of hydrogen-bond donors (Lipinski definition) is 1. The first-order valence-electron chi connectivity index (χ1n) is 14.3. The number of halogens is 3. The van der Waals surface area contributed by atoms with E-state index in [0.29, 0.717) is 47.6 Å². The summed E-state index contributed by atoms with van der Waals surface area (Å²) in [6.45, 7) is 16.2. The van der Waals surface area contributed by atoms with Crippen LogP contribution >= 0.6 is 34.8 Å². The Morgan fingerprint density at radius 2 is 1.07 bits per heavy atom. The Kier molecular flexibility index (Phi) is 14.8. The molecule has 2 fully saturated rings. The molecule has 0 unspecified atom stereocenters. The number of aromatic nitrogens is 2. The maximum absolute atomic E-state index is 12.3. The normalized spacial score (nSPS) is 15.1. The highest BCUT2D eigenvalue weighted by atomic mass is 35.5. The minimum absolute atomic E-state index is 0.104. The first kappa shape index (κ1) is 38.0. The molecule has 2 saturated heterocycles. The van der Waals surface area contributed by atoms with Crippen LogP contribution in [0.3, 0.4) is 0 Å². The van der Waals surface area contributed by atoms with Crippen molar-refractivity contribution >= 4 is 58.1 Å². The Morgan fingerprint density at radius 1 is 0.667 bits per heavy atom. The van der Waals surface area contributed by atoms with E-state index < -0.39 is 10.8 Å². The number of hydrogen-bond acceptors (Lipinski definition) is 9. The molecule has 2 aliphatic heterocycles. The van der Waals surface area contributed by atoms with Gasteiger partial charge in [-0.1, -0.05) is 23.2 Å². The van der Waals surface area contributed by atoms with Gasteiger partial charge in [0.25, 0.3) is 11.1 Å². The molecule has 0 atom stereocenters. The van der Waals surface area contributed by atoms with E-state index in [1.54, 1.807) is 26.8 Å². The van der Waals surface area contributed by atoms with Crippen LogP contribution in [0.25, 0.3) is 0 Å². The highest BCUT2D eigenvalue weighted by Crippen LogP contribution is 2.14. The van der Waals surface area contributed by atoms with E-state index in [1.165, 1.54) is 24.5 Å². The molecule has 248 valence electrons. The standard InChI is InChI=1S/C15H20ClN3O3.C9H18N2O2.C6H3Cl2NO/c1-15(2,3)22-14(21)19-8-6-18(7-9-19)13(20)11-4-5-12(16)17-10-11;1-9(2,3)13-8(12)11-6-4-10-5-7-11;7-5-2-1-4(3-9-5)6(8)10/h4-5,10H,6-9H2,1-3H3;10H,4-7H2,1-3H3;1-3H. The van der Waals surface area contributed by atoms with Gasteiger partial charge in [-0.25, -0.2) is 19.6 Å². The predicted molar refractivity (Wildman–Crippen MR) is 173 cm³/mol. The van der Waals surface area contributed by atoms with Gasteiger partial charge in [-0.05, 0) is 77.4 Å². The summed E-state index contributed by atoms with van der Waals surface area (Å²) in [5, 5.41) is 3.36. The molecule has 15 heteroatoms. The van der Waals surface area contributed by atoms with E-state index in [4.69, 9.17) is 44.3 Å². The fourth-order valence-electron chi connectivity index (χ4n) is 3.77. The largest absolute Gasteiger partial charge is 0.444 e. The third-order valence-corrected chi connectivity index (χ3v) is 6.58. The van der Waals surface area contributed by atoms with Gasteiger partial charge in [-0.15, -0.1) is 0 Å². The lowest BCUT2D eigenvalue weighted by Crippen LogP contribution is -2.51. The number of carbonyl (C=O) groups excluding carboxylic acids is 4. The summed E-state index contributed by atoms with van der Waals surface area (Å²) < 4.78 is 10.6. The molecule has 4 heterocycles. The number of nitrogens with one attached hydrogen (secondary N) is 1. The second-order valence-corrected chi connectivity index (χ2v) is 13.1. The molecule has 2 aromatic heterocycles. The van der Waals surface area contributed by atoms with Crippen LogP contribution in [0, 0.1) is 0 Å². The number of rotatable bonds is 2. The van der Waals surface area contributed by atoms with E-state index in [-0.39, 0.29) is 23.7 Å². The molecule has 3 amide bonds. The van der Waals surface area contributed by atoms with Crippen LogP contribution in [-0.2, 0) is 9.47 Å². The number of ether oxygens (including phenoxy) is 2. The van der Waals surface area contributed by atoms with Gasteiger partial charge in [0.15, 0.2) is 0 Å². The highest BCUT2D eigenvalue weighted by molar-refractivity contribution is 6.67. The first-order valence-corrected chi connectivity index (χ1v) is 15.5. The molecule has 2 aromatic rings. The minimum atomic E-state index is -0.524. The molecule has 2 aliphatic rings. The maximum Gasteiger partial charge on any atom is 0.410 e. The van der Waals surface area contributed by atoms with E-state index >= 15 is 0 Å². The Hall–Kier alpha value is -3.19. The second-order valence-electron chi connectivity index (χ2n) is 12.0. The van der Waals surface area contributed by atoms with Crippen molar-refractivity contribution in [1.29, 1.82) is 0 Å². The van der Waals surface area contributed by atoms with E-state index in [9.17, 15) is 19.2 Å². The zero-order chi connectivity index (χ0) is 33.8. The summed E-state index contributed by atoms with van der Waals surface area (Å²) in [6.07, 6.45) is 2.25. The van der Waals surface area contributed by atoms with Gasteiger partial charge in [-0.3, -0.25) is 9.59 Å². The molecule has 12 nitrogen and oxygen atoms in total. The smallest absolute Gasteiger partial charge is 0.410 e. The molecule has 0 saturated carbocycles. The van der Waals surface area contributed by atoms with E-state index in [0.717, 1.165) is 26.2 Å². The summed E-state index contributed by atoms with van der Waals surface area (Å²) in [6, 6.07) is 6.27. The maximum atomic E-state index is 12.3. The van der Waals surface area contributed by atoms with Crippen molar-refractivity contribution in [2.45, 2.75) is 52.7 Å². The molecular weight excluding hydrogens is 647 g/mol. The third kappa shape index (κ3) is 14.6. The molecule has 0 aliphatic carbocycles. The number of piperazine rings is 2. The number of carbonyl (C=O) groups is 4. The lowest BCUT2D eigenvalue weighted by molar-refractivity contribution is 0.0140. The average Bonchev–Trinajstić information content (AvgIpc) is 2.97. The number of nitrogens with zero attached hydrogens (tertiary/aromatic N) is 5. The zero-order valence-corrected chi connectivity index (χ0v) is 28.7. The van der Waals surface area contributed by atoms with Crippen molar-refractivity contribution in [3.63, 3.8) is 0 Å². The van der Waals surface area contributed by atoms with Crippen molar-refractivity contribution < 1.29 is 28.7 Å². The van der Waals surface area contributed by atoms with Crippen molar-refractivity contribution in [3.05, 3.63) is 58.1 Å². The molecule has 0 bridgehead atoms. The van der Waals surface area contributed by atoms with E-state index in [1.807, 2.05) is 41.5 Å². The monoisotopic (exact) mass is 686 g/mol. The van der Waals surface area contributed by atoms with Crippen LogP contribution in [0.1, 0.15) is 62.3 Å². The fourth-order valence-corrected chi connectivity index (χ4v) is 4.10. The molecule has 45 heavy (non-hydrogen) atoms. The van der Waals surface area contributed by atoms with Crippen molar-refractivity contribution in [2.24, 2.45) is 0 Å².